The molecule has 0 atom stereocenters. The fourth-order valence-electron chi connectivity index (χ4n) is 4.35. The molecule has 8 heteroatoms. The number of halogens is 1. The number of nitrogens with two attached hydrogens (primary N) is 1. The average Bonchev–Trinajstić information content (AvgIpc) is 2.93. The van der Waals surface area contributed by atoms with Crippen molar-refractivity contribution < 1.29 is 4.39 Å². The molecule has 0 spiro atoms. The molecule has 36 heavy (non-hydrogen) atoms. The number of nitrogens with zero attached hydrogens (tertiary/aromatic N) is 6. The number of aliphatic imine (C=N–C) groups is 1. The van der Waals surface area contributed by atoms with Crippen molar-refractivity contribution in [1.29, 1.82) is 0 Å². The summed E-state index contributed by atoms with van der Waals surface area (Å²) in [7, 11) is 2.13. The van der Waals surface area contributed by atoms with Crippen molar-refractivity contribution in [1.82, 2.24) is 19.9 Å². The molecule has 0 amide bonds. The minimum Gasteiger partial charge on any atom is -0.405 e. The lowest BCUT2D eigenvalue weighted by Crippen LogP contribution is -2.44. The highest BCUT2D eigenvalue weighted by atomic mass is 19.1. The molecular formula is C28H28FN7. The van der Waals surface area contributed by atoms with Gasteiger partial charge in [0, 0.05) is 61.5 Å². The molecule has 0 aliphatic carbocycles. The van der Waals surface area contributed by atoms with Crippen LogP contribution in [0.15, 0.2) is 90.0 Å². The van der Waals surface area contributed by atoms with Crippen LogP contribution in [0.3, 0.4) is 0 Å². The third kappa shape index (κ3) is 5.08. The molecule has 4 heterocycles. The first-order valence-corrected chi connectivity index (χ1v) is 11.9. The van der Waals surface area contributed by atoms with Crippen molar-refractivity contribution >= 4 is 17.1 Å². The van der Waals surface area contributed by atoms with Crippen LogP contribution in [0.25, 0.3) is 17.0 Å². The molecule has 7 nitrogen and oxygen atoms in total. The van der Waals surface area contributed by atoms with Gasteiger partial charge in [-0.05, 0) is 60.8 Å². The number of allylic oxidation sites excluding steroid dienone is 3. The average molecular weight is 482 g/mol. The van der Waals surface area contributed by atoms with Crippen molar-refractivity contribution in [2.75, 3.05) is 44.7 Å². The number of likely N-dealkylation sites (N-methyl/N-ethyl adjacent to an activating group) is 1. The predicted molar refractivity (Wildman–Crippen MR) is 142 cm³/mol. The number of hydrogen-bond donors (Lipinski definition) is 1. The van der Waals surface area contributed by atoms with Crippen LogP contribution in [-0.4, -0.2) is 65.3 Å². The van der Waals surface area contributed by atoms with Crippen LogP contribution >= 0.6 is 0 Å². The number of hydrogen-bond acceptors (Lipinski definition) is 7. The lowest BCUT2D eigenvalue weighted by Gasteiger charge is -2.33. The Morgan fingerprint density at radius 1 is 1.03 bits per heavy atom. The van der Waals surface area contributed by atoms with E-state index in [1.165, 1.54) is 12.3 Å². The highest BCUT2D eigenvalue weighted by Crippen LogP contribution is 2.30. The van der Waals surface area contributed by atoms with Crippen LogP contribution in [0.4, 0.5) is 10.2 Å². The quantitative estimate of drug-likeness (QED) is 0.598. The Balaban J connectivity index is 1.51. The first-order chi connectivity index (χ1) is 17.6. The first-order valence-electron chi connectivity index (χ1n) is 11.9. The van der Waals surface area contributed by atoms with Gasteiger partial charge in [-0.15, -0.1) is 0 Å². The maximum Gasteiger partial charge on any atom is 0.163 e. The van der Waals surface area contributed by atoms with E-state index >= 15 is 0 Å². The van der Waals surface area contributed by atoms with Crippen LogP contribution in [0.5, 0.6) is 0 Å². The van der Waals surface area contributed by atoms with E-state index in [1.807, 2.05) is 30.4 Å². The SMILES string of the molecule is CN1CCN(c2ccnc(-c3cncc(C4=CC(c5ccccc5F)=NC/C4=C\C=C/N)c3)n2)CC1. The molecular weight excluding hydrogens is 453 g/mol. The standard InChI is InChI=1S/C28H28FN7/c1-35-11-13-36(14-12-35)27-8-10-32-28(34-27)22-15-21(17-31-18-22)24-16-26(23-6-2-3-7-25(23)29)33-19-20(24)5-4-9-30/h2-10,15-18H,11-14,19,30H2,1H3/b9-4-,20-5+. The summed E-state index contributed by atoms with van der Waals surface area (Å²) in [6, 6.07) is 10.6. The Morgan fingerprint density at radius 3 is 2.64 bits per heavy atom. The van der Waals surface area contributed by atoms with Crippen LogP contribution < -0.4 is 10.6 Å². The summed E-state index contributed by atoms with van der Waals surface area (Å²) in [6.45, 7) is 4.27. The maximum atomic E-state index is 14.5. The third-order valence-corrected chi connectivity index (χ3v) is 6.38. The second-order valence-electron chi connectivity index (χ2n) is 8.81. The largest absolute Gasteiger partial charge is 0.405 e. The summed E-state index contributed by atoms with van der Waals surface area (Å²) in [5, 5.41) is 0. The fourth-order valence-corrected chi connectivity index (χ4v) is 4.35. The summed E-state index contributed by atoms with van der Waals surface area (Å²) >= 11 is 0. The van der Waals surface area contributed by atoms with Gasteiger partial charge in [-0.1, -0.05) is 18.2 Å². The van der Waals surface area contributed by atoms with Gasteiger partial charge in [-0.3, -0.25) is 9.98 Å². The molecule has 5 rings (SSSR count). The van der Waals surface area contributed by atoms with Gasteiger partial charge < -0.3 is 15.5 Å². The zero-order valence-electron chi connectivity index (χ0n) is 20.2. The molecule has 2 N–H and O–H groups in total. The second kappa shape index (κ2) is 10.6. The zero-order valence-corrected chi connectivity index (χ0v) is 20.2. The summed E-state index contributed by atoms with van der Waals surface area (Å²) in [5.41, 5.74) is 10.2. The Bertz CT molecular complexity index is 1370. The van der Waals surface area contributed by atoms with Crippen LogP contribution in [-0.2, 0) is 0 Å². The van der Waals surface area contributed by atoms with Crippen molar-refractivity contribution in [2.24, 2.45) is 10.7 Å². The zero-order chi connectivity index (χ0) is 24.9. The van der Waals surface area contributed by atoms with E-state index in [9.17, 15) is 4.39 Å². The topological polar surface area (TPSA) is 83.5 Å². The predicted octanol–water partition coefficient (Wildman–Crippen LogP) is 3.71. The minimum absolute atomic E-state index is 0.304. The van der Waals surface area contributed by atoms with E-state index in [1.54, 1.807) is 36.8 Å². The Hall–Kier alpha value is -4.17. The lowest BCUT2D eigenvalue weighted by atomic mass is 9.92. The number of benzene rings is 1. The molecule has 0 saturated carbocycles. The Kier molecular flexibility index (Phi) is 6.95. The fraction of sp³-hybridized carbons (Fsp3) is 0.214. The van der Waals surface area contributed by atoms with Gasteiger partial charge in [0.2, 0.25) is 0 Å². The van der Waals surface area contributed by atoms with E-state index in [0.29, 0.717) is 23.6 Å². The second-order valence-corrected chi connectivity index (χ2v) is 8.81. The van der Waals surface area contributed by atoms with E-state index in [-0.39, 0.29) is 5.82 Å². The summed E-state index contributed by atoms with van der Waals surface area (Å²) in [5.74, 6) is 1.23. The smallest absolute Gasteiger partial charge is 0.163 e. The van der Waals surface area contributed by atoms with Crippen LogP contribution in [0.1, 0.15) is 11.1 Å². The lowest BCUT2D eigenvalue weighted by molar-refractivity contribution is 0.312. The van der Waals surface area contributed by atoms with Crippen molar-refractivity contribution in [3.05, 3.63) is 102 Å². The van der Waals surface area contributed by atoms with E-state index in [4.69, 9.17) is 10.7 Å². The molecule has 2 aromatic heterocycles. The Morgan fingerprint density at radius 2 is 1.83 bits per heavy atom. The molecule has 3 aromatic rings. The highest BCUT2D eigenvalue weighted by molar-refractivity contribution is 6.15. The molecule has 0 radical (unpaired) electrons. The van der Waals surface area contributed by atoms with Gasteiger partial charge in [0.15, 0.2) is 5.82 Å². The Labute approximate surface area is 210 Å². The van der Waals surface area contributed by atoms with Gasteiger partial charge in [-0.2, -0.15) is 0 Å². The molecule has 0 bridgehead atoms. The number of dihydropyridines is 1. The molecule has 1 fully saturated rings. The third-order valence-electron chi connectivity index (χ3n) is 6.38. The summed E-state index contributed by atoms with van der Waals surface area (Å²) < 4.78 is 14.5. The molecule has 2 aliphatic rings. The number of piperazine rings is 1. The van der Waals surface area contributed by atoms with Gasteiger partial charge in [0.1, 0.15) is 11.6 Å². The van der Waals surface area contributed by atoms with Gasteiger partial charge in [0.05, 0.1) is 12.3 Å². The number of anilines is 1. The van der Waals surface area contributed by atoms with Crippen LogP contribution in [0.2, 0.25) is 0 Å². The molecule has 2 aliphatic heterocycles. The highest BCUT2D eigenvalue weighted by Gasteiger charge is 2.19. The van der Waals surface area contributed by atoms with Crippen molar-refractivity contribution in [3.8, 4) is 11.4 Å². The van der Waals surface area contributed by atoms with Gasteiger partial charge >= 0.3 is 0 Å². The van der Waals surface area contributed by atoms with E-state index in [0.717, 1.165) is 54.3 Å². The number of rotatable bonds is 5. The first kappa shape index (κ1) is 23.6. The normalized spacial score (nSPS) is 17.9. The monoisotopic (exact) mass is 481 g/mol. The van der Waals surface area contributed by atoms with Gasteiger partial charge in [-0.25, -0.2) is 14.4 Å². The minimum atomic E-state index is -0.304. The van der Waals surface area contributed by atoms with E-state index < -0.39 is 0 Å². The molecule has 182 valence electrons. The summed E-state index contributed by atoms with van der Waals surface area (Å²) in [6.07, 6.45) is 12.4. The molecule has 1 saturated heterocycles. The molecule has 1 aromatic carbocycles. The van der Waals surface area contributed by atoms with E-state index in [2.05, 4.69) is 31.8 Å². The van der Waals surface area contributed by atoms with Crippen molar-refractivity contribution in [3.63, 3.8) is 0 Å². The van der Waals surface area contributed by atoms with Crippen LogP contribution in [0, 0.1) is 5.82 Å². The summed E-state index contributed by atoms with van der Waals surface area (Å²) in [4.78, 5) is 23.1. The number of aromatic nitrogens is 3. The van der Waals surface area contributed by atoms with Crippen molar-refractivity contribution in [2.45, 2.75) is 0 Å². The molecule has 0 unspecified atom stereocenters. The number of pyridine rings is 1. The van der Waals surface area contributed by atoms with Gasteiger partial charge in [0.25, 0.3) is 0 Å². The maximum absolute atomic E-state index is 14.5.